The molecule has 0 heterocycles. The lowest BCUT2D eigenvalue weighted by Gasteiger charge is -2.22. The Bertz CT molecular complexity index is 308. The van der Waals surface area contributed by atoms with Crippen LogP contribution in [0.4, 0.5) is 0 Å². The van der Waals surface area contributed by atoms with Gasteiger partial charge in [-0.25, -0.2) is 0 Å². The molecule has 0 aromatic rings. The molecule has 3 heteroatoms. The number of nitriles is 1. The summed E-state index contributed by atoms with van der Waals surface area (Å²) in [5.41, 5.74) is 0. The third-order valence-corrected chi connectivity index (χ3v) is 4.30. The van der Waals surface area contributed by atoms with Crippen molar-refractivity contribution < 1.29 is 4.79 Å². The zero-order valence-electron chi connectivity index (χ0n) is 9.91. The maximum absolute atomic E-state index is 11.6. The maximum atomic E-state index is 11.6. The van der Waals surface area contributed by atoms with Crippen molar-refractivity contribution in [3.05, 3.63) is 0 Å². The summed E-state index contributed by atoms with van der Waals surface area (Å²) in [6.07, 6.45) is 6.01. The maximum Gasteiger partial charge on any atom is 0.237 e. The van der Waals surface area contributed by atoms with Gasteiger partial charge >= 0.3 is 0 Å². The van der Waals surface area contributed by atoms with Crippen molar-refractivity contribution in [3.63, 3.8) is 0 Å². The Hall–Kier alpha value is -1.04. The van der Waals surface area contributed by atoms with Gasteiger partial charge in [-0.3, -0.25) is 4.79 Å². The molecule has 1 amide bonds. The highest BCUT2D eigenvalue weighted by Gasteiger charge is 2.39. The highest BCUT2D eigenvalue weighted by atomic mass is 16.1. The van der Waals surface area contributed by atoms with Gasteiger partial charge in [0.05, 0.1) is 6.07 Å². The predicted molar refractivity (Wildman–Crippen MR) is 61.3 cm³/mol. The number of hydrogen-bond donors (Lipinski definition) is 1. The number of nitrogens with one attached hydrogen (secondary N) is 1. The van der Waals surface area contributed by atoms with Crippen LogP contribution < -0.4 is 5.32 Å². The number of carbonyl (C=O) groups excluding carboxylic acids is 1. The van der Waals surface area contributed by atoms with Crippen LogP contribution in [0.1, 0.15) is 39.0 Å². The number of rotatable bonds is 4. The Kier molecular flexibility index (Phi) is 3.48. The number of fused-ring (bicyclic) bond motifs is 2. The first kappa shape index (κ1) is 11.4. The molecule has 4 unspecified atom stereocenters. The van der Waals surface area contributed by atoms with Crippen LogP contribution in [-0.4, -0.2) is 12.5 Å². The normalized spacial score (nSPS) is 33.4. The molecule has 0 aromatic carbocycles. The van der Waals surface area contributed by atoms with Gasteiger partial charge < -0.3 is 5.32 Å². The molecular formula is C13H20N2O. The van der Waals surface area contributed by atoms with Crippen molar-refractivity contribution in [3.8, 4) is 6.07 Å². The average molecular weight is 220 g/mol. The van der Waals surface area contributed by atoms with Crippen LogP contribution in [0.2, 0.25) is 0 Å². The zero-order chi connectivity index (χ0) is 11.5. The van der Waals surface area contributed by atoms with Crippen LogP contribution in [0.25, 0.3) is 0 Å². The zero-order valence-corrected chi connectivity index (χ0v) is 9.91. The molecule has 2 bridgehead atoms. The van der Waals surface area contributed by atoms with Gasteiger partial charge in [0.15, 0.2) is 0 Å². The second kappa shape index (κ2) is 4.86. The standard InChI is InChI=1S/C13H20N2O/c1-2-10(7-14)13(16)15-8-12-6-9-3-4-11(12)5-9/h9-12H,2-6,8H2,1H3,(H,15,16). The Labute approximate surface area is 97.2 Å². The number of nitrogens with zero attached hydrogens (tertiary/aromatic N) is 1. The van der Waals surface area contributed by atoms with Gasteiger partial charge in [-0.15, -0.1) is 0 Å². The van der Waals surface area contributed by atoms with Gasteiger partial charge in [0.25, 0.3) is 0 Å². The molecule has 0 aromatic heterocycles. The fourth-order valence-electron chi connectivity index (χ4n) is 3.32. The van der Waals surface area contributed by atoms with Crippen molar-refractivity contribution >= 4 is 5.91 Å². The summed E-state index contributed by atoms with van der Waals surface area (Å²) in [5.74, 6) is 1.91. The van der Waals surface area contributed by atoms with Crippen LogP contribution in [0, 0.1) is 35.0 Å². The molecule has 0 saturated heterocycles. The van der Waals surface area contributed by atoms with Gasteiger partial charge in [0.1, 0.15) is 5.92 Å². The van der Waals surface area contributed by atoms with E-state index in [-0.39, 0.29) is 5.91 Å². The Morgan fingerprint density at radius 1 is 1.50 bits per heavy atom. The molecule has 0 aliphatic heterocycles. The third-order valence-electron chi connectivity index (χ3n) is 4.30. The van der Waals surface area contributed by atoms with Crippen LogP contribution in [0.5, 0.6) is 0 Å². The van der Waals surface area contributed by atoms with Crippen molar-refractivity contribution in [1.82, 2.24) is 5.32 Å². The molecule has 16 heavy (non-hydrogen) atoms. The van der Waals surface area contributed by atoms with E-state index in [1.807, 2.05) is 13.0 Å². The van der Waals surface area contributed by atoms with Gasteiger partial charge in [-0.1, -0.05) is 13.3 Å². The summed E-state index contributed by atoms with van der Waals surface area (Å²) >= 11 is 0. The molecule has 2 saturated carbocycles. The molecule has 2 rings (SSSR count). The summed E-state index contributed by atoms with van der Waals surface area (Å²) in [5, 5.41) is 11.7. The molecule has 0 radical (unpaired) electrons. The van der Waals surface area contributed by atoms with Gasteiger partial charge in [-0.2, -0.15) is 5.26 Å². The Morgan fingerprint density at radius 2 is 2.31 bits per heavy atom. The minimum atomic E-state index is -0.460. The average Bonchev–Trinajstić information content (AvgIpc) is 2.89. The number of amides is 1. The monoisotopic (exact) mass is 220 g/mol. The topological polar surface area (TPSA) is 52.9 Å². The lowest BCUT2D eigenvalue weighted by molar-refractivity contribution is -0.123. The van der Waals surface area contributed by atoms with Crippen LogP contribution in [0.3, 0.4) is 0 Å². The number of hydrogen-bond acceptors (Lipinski definition) is 2. The van der Waals surface area contributed by atoms with Gasteiger partial charge in [0, 0.05) is 6.54 Å². The first-order chi connectivity index (χ1) is 7.74. The smallest absolute Gasteiger partial charge is 0.237 e. The highest BCUT2D eigenvalue weighted by Crippen LogP contribution is 2.47. The minimum absolute atomic E-state index is 0.0761. The molecule has 2 aliphatic carbocycles. The van der Waals surface area contributed by atoms with Crippen LogP contribution in [-0.2, 0) is 4.79 Å². The summed E-state index contributed by atoms with van der Waals surface area (Å²) in [4.78, 5) is 11.6. The van der Waals surface area contributed by atoms with Crippen molar-refractivity contribution in [2.24, 2.45) is 23.7 Å². The lowest BCUT2D eigenvalue weighted by Crippen LogP contribution is -2.35. The summed E-state index contributed by atoms with van der Waals surface area (Å²) in [7, 11) is 0. The molecule has 88 valence electrons. The predicted octanol–water partition coefficient (Wildman–Crippen LogP) is 2.09. The SMILES string of the molecule is CCC(C#N)C(=O)NCC1CC2CCC1C2. The van der Waals surface area contributed by atoms with E-state index in [0.717, 1.165) is 18.4 Å². The first-order valence-electron chi connectivity index (χ1n) is 6.42. The van der Waals surface area contributed by atoms with Gasteiger partial charge in [-0.05, 0) is 43.4 Å². The van der Waals surface area contributed by atoms with E-state index in [4.69, 9.17) is 5.26 Å². The fraction of sp³-hybridized carbons (Fsp3) is 0.846. The summed E-state index contributed by atoms with van der Waals surface area (Å²) in [6.45, 7) is 2.67. The van der Waals surface area contributed by atoms with Crippen molar-refractivity contribution in [1.29, 1.82) is 5.26 Å². The molecular weight excluding hydrogens is 200 g/mol. The quantitative estimate of drug-likeness (QED) is 0.788. The molecule has 3 nitrogen and oxygen atoms in total. The molecule has 0 spiro atoms. The van der Waals surface area contributed by atoms with E-state index in [1.54, 1.807) is 0 Å². The third kappa shape index (κ3) is 2.21. The van der Waals surface area contributed by atoms with E-state index in [2.05, 4.69) is 5.32 Å². The largest absolute Gasteiger partial charge is 0.355 e. The second-order valence-corrected chi connectivity index (χ2v) is 5.27. The fourth-order valence-corrected chi connectivity index (χ4v) is 3.32. The van der Waals surface area contributed by atoms with Crippen LogP contribution >= 0.6 is 0 Å². The Balaban J connectivity index is 1.76. The lowest BCUT2D eigenvalue weighted by atomic mass is 9.89. The van der Waals surface area contributed by atoms with Gasteiger partial charge in [0.2, 0.25) is 5.91 Å². The first-order valence-corrected chi connectivity index (χ1v) is 6.42. The summed E-state index contributed by atoms with van der Waals surface area (Å²) < 4.78 is 0. The molecule has 4 atom stereocenters. The highest BCUT2D eigenvalue weighted by molar-refractivity contribution is 5.80. The van der Waals surface area contributed by atoms with Crippen LogP contribution in [0.15, 0.2) is 0 Å². The Morgan fingerprint density at radius 3 is 2.81 bits per heavy atom. The van der Waals surface area contributed by atoms with E-state index in [9.17, 15) is 4.79 Å². The van der Waals surface area contributed by atoms with E-state index < -0.39 is 5.92 Å². The molecule has 1 N–H and O–H groups in total. The van der Waals surface area contributed by atoms with E-state index in [1.165, 1.54) is 25.7 Å². The van der Waals surface area contributed by atoms with Crippen molar-refractivity contribution in [2.75, 3.05) is 6.54 Å². The molecule has 2 fully saturated rings. The number of carbonyl (C=O) groups is 1. The second-order valence-electron chi connectivity index (χ2n) is 5.27. The molecule has 2 aliphatic rings. The van der Waals surface area contributed by atoms with E-state index in [0.29, 0.717) is 12.3 Å². The van der Waals surface area contributed by atoms with E-state index >= 15 is 0 Å². The summed E-state index contributed by atoms with van der Waals surface area (Å²) in [6, 6.07) is 2.05. The minimum Gasteiger partial charge on any atom is -0.355 e. The van der Waals surface area contributed by atoms with Crippen molar-refractivity contribution in [2.45, 2.75) is 39.0 Å².